The maximum atomic E-state index is 12.6. The summed E-state index contributed by atoms with van der Waals surface area (Å²) in [6.07, 6.45) is 0.895. The molecule has 7 nitrogen and oxygen atoms in total. The van der Waals surface area contributed by atoms with Gasteiger partial charge in [-0.05, 0) is 72.7 Å². The van der Waals surface area contributed by atoms with E-state index in [1.54, 1.807) is 24.3 Å². The SMILES string of the molecule is CCc1ccc2oc(-c3ccc(NC(=S)NC(=O)c4ccc(-c5ccc(Br)cc5)o4)cc3O)nc2c1. The Morgan fingerprint density at radius 2 is 1.83 bits per heavy atom. The third-order valence-corrected chi connectivity index (χ3v) is 6.26. The third-order valence-electron chi connectivity index (χ3n) is 5.53. The minimum atomic E-state index is -0.491. The molecule has 0 aliphatic heterocycles. The van der Waals surface area contributed by atoms with E-state index in [2.05, 4.69) is 38.5 Å². The first-order valence-electron chi connectivity index (χ1n) is 11.1. The van der Waals surface area contributed by atoms with E-state index in [9.17, 15) is 9.90 Å². The average Bonchev–Trinajstić information content (AvgIpc) is 3.51. The molecule has 0 aliphatic rings. The maximum absolute atomic E-state index is 12.6. The van der Waals surface area contributed by atoms with Crippen LogP contribution in [-0.2, 0) is 6.42 Å². The number of thiocarbonyl (C=S) groups is 1. The highest BCUT2D eigenvalue weighted by Crippen LogP contribution is 2.33. The fraction of sp³-hybridized carbons (Fsp3) is 0.0741. The van der Waals surface area contributed by atoms with E-state index in [-0.39, 0.29) is 16.6 Å². The number of phenols is 1. The largest absolute Gasteiger partial charge is 0.507 e. The van der Waals surface area contributed by atoms with E-state index in [1.165, 1.54) is 6.07 Å². The Kier molecular flexibility index (Phi) is 6.58. The van der Waals surface area contributed by atoms with Crippen LogP contribution in [0.5, 0.6) is 5.75 Å². The molecule has 180 valence electrons. The van der Waals surface area contributed by atoms with Gasteiger partial charge in [-0.1, -0.05) is 41.1 Å². The second-order valence-electron chi connectivity index (χ2n) is 7.99. The lowest BCUT2D eigenvalue weighted by molar-refractivity contribution is 0.0951. The summed E-state index contributed by atoms with van der Waals surface area (Å²) in [5.41, 5.74) is 4.31. The summed E-state index contributed by atoms with van der Waals surface area (Å²) in [5, 5.41) is 16.1. The number of phenolic OH excluding ortho intramolecular Hbond substituents is 1. The second-order valence-corrected chi connectivity index (χ2v) is 9.31. The van der Waals surface area contributed by atoms with Crippen molar-refractivity contribution in [3.05, 3.63) is 88.6 Å². The monoisotopic (exact) mass is 561 g/mol. The number of halogens is 1. The molecule has 0 saturated heterocycles. The molecule has 3 aromatic carbocycles. The lowest BCUT2D eigenvalue weighted by Crippen LogP contribution is -2.33. The van der Waals surface area contributed by atoms with Gasteiger partial charge in [0.1, 0.15) is 17.0 Å². The van der Waals surface area contributed by atoms with Gasteiger partial charge in [0.2, 0.25) is 5.89 Å². The number of anilines is 1. The minimum Gasteiger partial charge on any atom is -0.507 e. The standard InChI is InChI=1S/C27H20BrN3O4S/c1-2-15-3-10-23-20(13-15)30-26(35-23)19-9-8-18(14-21(19)32)29-27(36)31-25(33)24-12-11-22(34-24)16-4-6-17(28)7-5-16/h3-14,32H,2H2,1H3,(H2,29,31,33,36). The molecular weight excluding hydrogens is 542 g/mol. The van der Waals surface area contributed by atoms with Crippen LogP contribution in [0.15, 0.2) is 86.1 Å². The van der Waals surface area contributed by atoms with Crippen LogP contribution in [0.25, 0.3) is 33.9 Å². The summed E-state index contributed by atoms with van der Waals surface area (Å²) in [6, 6.07) is 21.6. The van der Waals surface area contributed by atoms with Gasteiger partial charge in [-0.2, -0.15) is 0 Å². The Labute approximate surface area is 220 Å². The van der Waals surface area contributed by atoms with Crippen molar-refractivity contribution in [1.29, 1.82) is 0 Å². The van der Waals surface area contributed by atoms with Gasteiger partial charge in [0, 0.05) is 21.8 Å². The first-order valence-corrected chi connectivity index (χ1v) is 12.3. The minimum absolute atomic E-state index is 0.0402. The first-order chi connectivity index (χ1) is 17.4. The molecular formula is C27H20BrN3O4S. The number of aromatic nitrogens is 1. The fourth-order valence-electron chi connectivity index (χ4n) is 3.65. The van der Waals surface area contributed by atoms with E-state index >= 15 is 0 Å². The van der Waals surface area contributed by atoms with Crippen LogP contribution in [0.3, 0.4) is 0 Å². The van der Waals surface area contributed by atoms with Crippen molar-refractivity contribution in [2.75, 3.05) is 5.32 Å². The lowest BCUT2D eigenvalue weighted by atomic mass is 10.1. The zero-order chi connectivity index (χ0) is 25.2. The van der Waals surface area contributed by atoms with E-state index in [0.717, 1.165) is 27.5 Å². The van der Waals surface area contributed by atoms with Crippen molar-refractivity contribution < 1.29 is 18.7 Å². The van der Waals surface area contributed by atoms with Crippen LogP contribution < -0.4 is 10.6 Å². The van der Waals surface area contributed by atoms with E-state index in [1.807, 2.05) is 42.5 Å². The molecule has 0 spiro atoms. The number of hydrogen-bond donors (Lipinski definition) is 3. The zero-order valence-electron chi connectivity index (χ0n) is 19.0. The van der Waals surface area contributed by atoms with Gasteiger partial charge in [-0.3, -0.25) is 10.1 Å². The number of nitrogens with one attached hydrogen (secondary N) is 2. The highest BCUT2D eigenvalue weighted by atomic mass is 79.9. The van der Waals surface area contributed by atoms with Gasteiger partial charge in [0.05, 0.1) is 5.56 Å². The molecule has 2 heterocycles. The number of carbonyl (C=O) groups excluding carboxylic acids is 1. The second kappa shape index (κ2) is 9.96. The number of hydrogen-bond acceptors (Lipinski definition) is 6. The number of amides is 1. The van der Waals surface area contributed by atoms with E-state index in [0.29, 0.717) is 28.5 Å². The number of oxazole rings is 1. The number of fused-ring (bicyclic) bond motifs is 1. The third kappa shape index (κ3) is 5.02. The topological polar surface area (TPSA) is 101 Å². The zero-order valence-corrected chi connectivity index (χ0v) is 21.4. The normalized spacial score (nSPS) is 10.9. The lowest BCUT2D eigenvalue weighted by Gasteiger charge is -2.10. The van der Waals surface area contributed by atoms with Gasteiger partial charge < -0.3 is 19.3 Å². The summed E-state index contributed by atoms with van der Waals surface area (Å²) in [5.74, 6) is 0.475. The molecule has 1 amide bonds. The van der Waals surface area contributed by atoms with Crippen molar-refractivity contribution in [1.82, 2.24) is 10.3 Å². The highest BCUT2D eigenvalue weighted by Gasteiger charge is 2.16. The number of rotatable bonds is 5. The summed E-state index contributed by atoms with van der Waals surface area (Å²) in [6.45, 7) is 2.07. The molecule has 5 aromatic rings. The summed E-state index contributed by atoms with van der Waals surface area (Å²) < 4.78 is 12.4. The molecule has 9 heteroatoms. The fourth-order valence-corrected chi connectivity index (χ4v) is 4.13. The Balaban J connectivity index is 1.25. The number of nitrogens with zero attached hydrogens (tertiary/aromatic N) is 1. The number of benzene rings is 3. The van der Waals surface area contributed by atoms with Crippen LogP contribution in [-0.4, -0.2) is 21.1 Å². The Morgan fingerprint density at radius 3 is 2.58 bits per heavy atom. The van der Waals surface area contributed by atoms with Crippen molar-refractivity contribution in [3.8, 4) is 28.5 Å². The molecule has 0 atom stereocenters. The van der Waals surface area contributed by atoms with E-state index in [4.69, 9.17) is 21.1 Å². The van der Waals surface area contributed by atoms with Gasteiger partial charge in [-0.25, -0.2) is 4.98 Å². The molecule has 0 saturated carbocycles. The van der Waals surface area contributed by atoms with Crippen LogP contribution in [0, 0.1) is 0 Å². The molecule has 0 bridgehead atoms. The molecule has 0 radical (unpaired) electrons. The van der Waals surface area contributed by atoms with Crippen molar-refractivity contribution in [2.45, 2.75) is 13.3 Å². The molecule has 0 aliphatic carbocycles. The highest BCUT2D eigenvalue weighted by molar-refractivity contribution is 9.10. The van der Waals surface area contributed by atoms with Gasteiger partial charge in [0.25, 0.3) is 5.91 Å². The van der Waals surface area contributed by atoms with Gasteiger partial charge in [-0.15, -0.1) is 0 Å². The Bertz CT molecular complexity index is 1590. The first kappa shape index (κ1) is 23.8. The summed E-state index contributed by atoms with van der Waals surface area (Å²) in [4.78, 5) is 17.1. The van der Waals surface area contributed by atoms with Gasteiger partial charge in [0.15, 0.2) is 16.5 Å². The van der Waals surface area contributed by atoms with Crippen LogP contribution in [0.2, 0.25) is 0 Å². The van der Waals surface area contributed by atoms with Crippen LogP contribution in [0.4, 0.5) is 5.69 Å². The molecule has 5 rings (SSSR count). The maximum Gasteiger partial charge on any atom is 0.293 e. The van der Waals surface area contributed by atoms with Crippen molar-refractivity contribution in [2.24, 2.45) is 0 Å². The molecule has 0 unspecified atom stereocenters. The predicted octanol–water partition coefficient (Wildman–Crippen LogP) is 6.91. The van der Waals surface area contributed by atoms with Crippen LogP contribution >= 0.6 is 28.1 Å². The molecule has 0 fully saturated rings. The molecule has 3 N–H and O–H groups in total. The van der Waals surface area contributed by atoms with Crippen LogP contribution in [0.1, 0.15) is 23.0 Å². The Hall–Kier alpha value is -3.95. The smallest absolute Gasteiger partial charge is 0.293 e. The Morgan fingerprint density at radius 1 is 1.03 bits per heavy atom. The number of furan rings is 1. The molecule has 36 heavy (non-hydrogen) atoms. The van der Waals surface area contributed by atoms with E-state index < -0.39 is 5.91 Å². The number of aryl methyl sites for hydroxylation is 1. The average molecular weight is 562 g/mol. The predicted molar refractivity (Wildman–Crippen MR) is 146 cm³/mol. The number of aromatic hydroxyl groups is 1. The van der Waals surface area contributed by atoms with Gasteiger partial charge >= 0.3 is 0 Å². The summed E-state index contributed by atoms with van der Waals surface area (Å²) >= 11 is 8.65. The van der Waals surface area contributed by atoms with Crippen molar-refractivity contribution in [3.63, 3.8) is 0 Å². The molecule has 2 aromatic heterocycles. The number of carbonyl (C=O) groups is 1. The quantitative estimate of drug-likeness (QED) is 0.200. The van der Waals surface area contributed by atoms with Crippen molar-refractivity contribution >= 4 is 56.0 Å². The summed E-state index contributed by atoms with van der Waals surface area (Å²) in [7, 11) is 0.